The van der Waals surface area contributed by atoms with Gasteiger partial charge in [0.15, 0.2) is 0 Å². The van der Waals surface area contributed by atoms with E-state index in [1.165, 1.54) is 9.13 Å². The molecule has 122 valence electrons. The van der Waals surface area contributed by atoms with Gasteiger partial charge >= 0.3 is 5.69 Å². The molecule has 5 nitrogen and oxygen atoms in total. The van der Waals surface area contributed by atoms with Crippen molar-refractivity contribution >= 4 is 0 Å². The van der Waals surface area contributed by atoms with E-state index in [9.17, 15) is 14.7 Å². The summed E-state index contributed by atoms with van der Waals surface area (Å²) in [4.78, 5) is 25.3. The van der Waals surface area contributed by atoms with Gasteiger partial charge in [-0.15, -0.1) is 0 Å². The number of allylic oxidation sites excluding steroid dienone is 2. The normalized spacial score (nSPS) is 11.8. The molecule has 0 bridgehead atoms. The van der Waals surface area contributed by atoms with Crippen molar-refractivity contribution in [2.45, 2.75) is 34.2 Å². The maximum atomic E-state index is 12.6. The van der Waals surface area contributed by atoms with E-state index >= 15 is 0 Å². The number of hydrogen-bond acceptors (Lipinski definition) is 3. The molecule has 0 aliphatic rings. The quantitative estimate of drug-likeness (QED) is 0.885. The third-order valence-electron chi connectivity index (χ3n) is 4.14. The molecule has 0 radical (unpaired) electrons. The molecule has 2 rings (SSSR count). The van der Waals surface area contributed by atoms with E-state index in [0.29, 0.717) is 11.3 Å². The Morgan fingerprint density at radius 2 is 1.91 bits per heavy atom. The topological polar surface area (TPSA) is 64.2 Å². The van der Waals surface area contributed by atoms with Crippen LogP contribution < -0.4 is 11.2 Å². The molecule has 0 saturated heterocycles. The summed E-state index contributed by atoms with van der Waals surface area (Å²) in [6, 6.07) is 4.91. The third-order valence-corrected chi connectivity index (χ3v) is 4.14. The second kappa shape index (κ2) is 6.28. The van der Waals surface area contributed by atoms with Crippen LogP contribution in [-0.2, 0) is 13.6 Å². The van der Waals surface area contributed by atoms with Crippen molar-refractivity contribution in [3.05, 3.63) is 61.8 Å². The Balaban J connectivity index is 2.78. The average molecular weight is 314 g/mol. The highest BCUT2D eigenvalue weighted by Crippen LogP contribution is 2.26. The molecule has 0 saturated carbocycles. The molecular weight excluding hydrogens is 292 g/mol. The molecule has 1 heterocycles. The SMILES string of the molecule is C/C=C(\C)Cn1c(=O)c(C)c(-c2ccc(O)cc2C)n(C)c1=O. The minimum Gasteiger partial charge on any atom is -0.508 e. The lowest BCUT2D eigenvalue weighted by Crippen LogP contribution is -2.41. The Hall–Kier alpha value is -2.56. The molecule has 0 amide bonds. The monoisotopic (exact) mass is 314 g/mol. The molecule has 5 heteroatoms. The molecule has 23 heavy (non-hydrogen) atoms. The largest absolute Gasteiger partial charge is 0.508 e. The minimum absolute atomic E-state index is 0.158. The molecule has 0 atom stereocenters. The van der Waals surface area contributed by atoms with E-state index in [2.05, 4.69) is 0 Å². The first-order valence-electron chi connectivity index (χ1n) is 7.50. The molecule has 1 N–H and O–H groups in total. The molecule has 1 aromatic heterocycles. The van der Waals surface area contributed by atoms with Crippen molar-refractivity contribution in [1.82, 2.24) is 9.13 Å². The summed E-state index contributed by atoms with van der Waals surface area (Å²) in [5.41, 5.74) is 3.02. The number of benzene rings is 1. The summed E-state index contributed by atoms with van der Waals surface area (Å²) in [6.07, 6.45) is 1.89. The minimum atomic E-state index is -0.343. The molecule has 2 aromatic rings. The summed E-state index contributed by atoms with van der Waals surface area (Å²) in [6.45, 7) is 7.63. The maximum absolute atomic E-state index is 12.6. The predicted molar refractivity (Wildman–Crippen MR) is 91.9 cm³/mol. The van der Waals surface area contributed by atoms with Crippen LogP contribution in [0.2, 0.25) is 0 Å². The number of aromatic nitrogens is 2. The summed E-state index contributed by atoms with van der Waals surface area (Å²) in [5.74, 6) is 0.158. The van der Waals surface area contributed by atoms with Gasteiger partial charge < -0.3 is 5.11 Å². The lowest BCUT2D eigenvalue weighted by atomic mass is 10.0. The van der Waals surface area contributed by atoms with E-state index < -0.39 is 0 Å². The standard InChI is InChI=1S/C18H22N2O3/c1-6-11(2)10-20-17(22)13(4)16(19(5)18(20)23)15-8-7-14(21)9-12(15)3/h6-9,21H,10H2,1-5H3/b11-6+. The predicted octanol–water partition coefficient (Wildman–Crippen LogP) is 2.50. The van der Waals surface area contributed by atoms with Crippen LogP contribution in [0.15, 0.2) is 39.4 Å². The maximum Gasteiger partial charge on any atom is 0.331 e. The van der Waals surface area contributed by atoms with Gasteiger partial charge in [-0.3, -0.25) is 13.9 Å². The van der Waals surface area contributed by atoms with Gasteiger partial charge in [-0.2, -0.15) is 0 Å². The third kappa shape index (κ3) is 2.99. The van der Waals surface area contributed by atoms with E-state index in [-0.39, 0.29) is 23.5 Å². The van der Waals surface area contributed by atoms with Gasteiger partial charge in [-0.1, -0.05) is 11.6 Å². The molecule has 0 spiro atoms. The first kappa shape index (κ1) is 16.8. The molecule has 0 unspecified atom stereocenters. The molecular formula is C18H22N2O3. The van der Waals surface area contributed by atoms with Gasteiger partial charge in [-0.05, 0) is 51.5 Å². The summed E-state index contributed by atoms with van der Waals surface area (Å²) in [7, 11) is 1.66. The van der Waals surface area contributed by atoms with Crippen LogP contribution in [0.5, 0.6) is 5.75 Å². The van der Waals surface area contributed by atoms with Crippen LogP contribution in [0.4, 0.5) is 0 Å². The highest BCUT2D eigenvalue weighted by molar-refractivity contribution is 5.67. The lowest BCUT2D eigenvalue weighted by Gasteiger charge is -2.17. The number of aromatic hydroxyl groups is 1. The van der Waals surface area contributed by atoms with Crippen molar-refractivity contribution in [1.29, 1.82) is 0 Å². The number of hydrogen-bond donors (Lipinski definition) is 1. The zero-order valence-electron chi connectivity index (χ0n) is 14.2. The fourth-order valence-electron chi connectivity index (χ4n) is 2.70. The van der Waals surface area contributed by atoms with Crippen molar-refractivity contribution in [2.75, 3.05) is 0 Å². The number of phenols is 1. The summed E-state index contributed by atoms with van der Waals surface area (Å²) >= 11 is 0. The van der Waals surface area contributed by atoms with Crippen LogP contribution in [0.25, 0.3) is 11.3 Å². The van der Waals surface area contributed by atoms with Gasteiger partial charge in [0, 0.05) is 18.2 Å². The van der Waals surface area contributed by atoms with Crippen LogP contribution in [-0.4, -0.2) is 14.2 Å². The molecule has 0 aliphatic carbocycles. The Kier molecular flexibility index (Phi) is 4.59. The Bertz CT molecular complexity index is 864. The van der Waals surface area contributed by atoms with Crippen molar-refractivity contribution in [3.8, 4) is 17.0 Å². The van der Waals surface area contributed by atoms with Gasteiger partial charge in [0.2, 0.25) is 0 Å². The van der Waals surface area contributed by atoms with E-state index in [1.54, 1.807) is 32.2 Å². The fourth-order valence-corrected chi connectivity index (χ4v) is 2.70. The van der Waals surface area contributed by atoms with E-state index in [1.807, 2.05) is 26.8 Å². The van der Waals surface area contributed by atoms with Crippen LogP contribution in [0.3, 0.4) is 0 Å². The number of aryl methyl sites for hydroxylation is 1. The van der Waals surface area contributed by atoms with Gasteiger partial charge in [0.25, 0.3) is 5.56 Å². The van der Waals surface area contributed by atoms with Crippen molar-refractivity contribution in [2.24, 2.45) is 7.05 Å². The first-order valence-corrected chi connectivity index (χ1v) is 7.50. The fraction of sp³-hybridized carbons (Fsp3) is 0.333. The Morgan fingerprint density at radius 3 is 2.48 bits per heavy atom. The molecule has 0 fully saturated rings. The van der Waals surface area contributed by atoms with E-state index in [0.717, 1.165) is 16.7 Å². The highest BCUT2D eigenvalue weighted by atomic mass is 16.3. The number of nitrogens with zero attached hydrogens (tertiary/aromatic N) is 2. The zero-order valence-corrected chi connectivity index (χ0v) is 14.2. The second-order valence-corrected chi connectivity index (χ2v) is 5.84. The lowest BCUT2D eigenvalue weighted by molar-refractivity contribution is 0.475. The first-order chi connectivity index (χ1) is 10.8. The molecule has 1 aromatic carbocycles. The number of rotatable bonds is 3. The number of phenolic OH excluding ortho intramolecular Hbond substituents is 1. The smallest absolute Gasteiger partial charge is 0.331 e. The second-order valence-electron chi connectivity index (χ2n) is 5.84. The van der Waals surface area contributed by atoms with Crippen LogP contribution >= 0.6 is 0 Å². The Labute approximate surface area is 135 Å². The summed E-state index contributed by atoms with van der Waals surface area (Å²) in [5, 5.41) is 9.56. The van der Waals surface area contributed by atoms with Crippen LogP contribution in [0.1, 0.15) is 25.0 Å². The van der Waals surface area contributed by atoms with Crippen molar-refractivity contribution < 1.29 is 5.11 Å². The highest BCUT2D eigenvalue weighted by Gasteiger charge is 2.17. The summed E-state index contributed by atoms with van der Waals surface area (Å²) < 4.78 is 2.75. The zero-order chi connectivity index (χ0) is 17.3. The molecule has 0 aliphatic heterocycles. The van der Waals surface area contributed by atoms with Gasteiger partial charge in [-0.25, -0.2) is 4.79 Å². The van der Waals surface area contributed by atoms with Crippen LogP contribution in [0, 0.1) is 13.8 Å². The van der Waals surface area contributed by atoms with Crippen molar-refractivity contribution in [3.63, 3.8) is 0 Å². The Morgan fingerprint density at radius 1 is 1.26 bits per heavy atom. The van der Waals surface area contributed by atoms with E-state index in [4.69, 9.17) is 0 Å². The van der Waals surface area contributed by atoms with Gasteiger partial charge in [0.05, 0.1) is 12.2 Å². The average Bonchev–Trinajstić information content (AvgIpc) is 2.51. The van der Waals surface area contributed by atoms with Gasteiger partial charge in [0.1, 0.15) is 5.75 Å².